The maximum atomic E-state index is 12.9. The summed E-state index contributed by atoms with van der Waals surface area (Å²) in [6.07, 6.45) is 5.86. The Bertz CT molecular complexity index is 1050. The third kappa shape index (κ3) is 5.20. The van der Waals surface area contributed by atoms with Crippen LogP contribution in [0.1, 0.15) is 57.5 Å². The molecule has 1 fully saturated rings. The van der Waals surface area contributed by atoms with E-state index in [2.05, 4.69) is 20.0 Å². The number of aryl methyl sites for hydroxylation is 2. The summed E-state index contributed by atoms with van der Waals surface area (Å²) in [7, 11) is 0. The van der Waals surface area contributed by atoms with Crippen LogP contribution in [0.5, 0.6) is 0 Å². The Hall–Kier alpha value is -2.49. The average Bonchev–Trinajstić information content (AvgIpc) is 3.31. The quantitative estimate of drug-likeness (QED) is 0.380. The molecule has 0 aromatic carbocycles. The Balaban J connectivity index is 1.55. The highest BCUT2D eigenvalue weighted by molar-refractivity contribution is 7.15. The molecular formula is C24H32N4O4S. The predicted octanol–water partition coefficient (Wildman–Crippen LogP) is 2.99. The van der Waals surface area contributed by atoms with Crippen LogP contribution < -0.4 is 5.43 Å². The number of ether oxygens (including phenoxy) is 2. The first kappa shape index (κ1) is 23.7. The van der Waals surface area contributed by atoms with Gasteiger partial charge in [-0.1, -0.05) is 0 Å². The zero-order valence-electron chi connectivity index (χ0n) is 19.6. The van der Waals surface area contributed by atoms with Gasteiger partial charge >= 0.3 is 5.97 Å². The predicted molar refractivity (Wildman–Crippen MR) is 129 cm³/mol. The topological polar surface area (TPSA) is 85.2 Å². The third-order valence-corrected chi connectivity index (χ3v) is 7.45. The highest BCUT2D eigenvalue weighted by atomic mass is 32.1. The number of nitrogens with zero attached hydrogens (tertiary/aromatic N) is 3. The highest BCUT2D eigenvalue weighted by Gasteiger charge is 2.28. The fourth-order valence-electron chi connectivity index (χ4n) is 4.53. The van der Waals surface area contributed by atoms with E-state index in [1.165, 1.54) is 4.88 Å². The first-order valence-corrected chi connectivity index (χ1v) is 12.4. The molecule has 1 aliphatic carbocycles. The van der Waals surface area contributed by atoms with Crippen molar-refractivity contribution in [2.75, 3.05) is 39.5 Å². The van der Waals surface area contributed by atoms with Gasteiger partial charge in [-0.25, -0.2) is 10.2 Å². The number of fused-ring (bicyclic) bond motifs is 1. The zero-order chi connectivity index (χ0) is 23.4. The number of rotatable bonds is 7. The molecule has 8 nitrogen and oxygen atoms in total. The van der Waals surface area contributed by atoms with E-state index in [-0.39, 0.29) is 11.9 Å². The molecule has 1 saturated heterocycles. The lowest BCUT2D eigenvalue weighted by molar-refractivity contribution is -0.123. The summed E-state index contributed by atoms with van der Waals surface area (Å²) in [6.45, 7) is 9.36. The number of morpholine rings is 1. The maximum Gasteiger partial charge on any atom is 0.341 e. The lowest BCUT2D eigenvalue weighted by Gasteiger charge is -2.25. The van der Waals surface area contributed by atoms with Gasteiger partial charge in [0.25, 0.3) is 5.91 Å². The molecule has 0 bridgehead atoms. The average molecular weight is 473 g/mol. The van der Waals surface area contributed by atoms with Crippen molar-refractivity contribution in [1.29, 1.82) is 0 Å². The van der Waals surface area contributed by atoms with E-state index in [0.717, 1.165) is 66.3 Å². The highest BCUT2D eigenvalue weighted by Crippen LogP contribution is 2.39. The van der Waals surface area contributed by atoms with Crippen molar-refractivity contribution in [2.24, 2.45) is 5.10 Å². The Kier molecular flexibility index (Phi) is 7.62. The number of hydrogen-bond acceptors (Lipinski definition) is 7. The van der Waals surface area contributed by atoms with E-state index in [0.29, 0.717) is 31.9 Å². The summed E-state index contributed by atoms with van der Waals surface area (Å²) >= 11 is 1.69. The van der Waals surface area contributed by atoms with E-state index >= 15 is 0 Å². The van der Waals surface area contributed by atoms with Crippen LogP contribution >= 0.6 is 11.3 Å². The van der Waals surface area contributed by atoms with Gasteiger partial charge in [0.05, 0.1) is 38.1 Å². The van der Waals surface area contributed by atoms with Gasteiger partial charge in [0.1, 0.15) is 5.00 Å². The first-order chi connectivity index (χ1) is 16.0. The number of thiophene rings is 1. The van der Waals surface area contributed by atoms with Gasteiger partial charge < -0.3 is 14.0 Å². The minimum atomic E-state index is -0.245. The molecule has 1 N–H and O–H groups in total. The Morgan fingerprint density at radius 1 is 1.24 bits per heavy atom. The monoisotopic (exact) mass is 472 g/mol. The molecule has 178 valence electrons. The lowest BCUT2D eigenvalue weighted by Crippen LogP contribution is -2.42. The van der Waals surface area contributed by atoms with Crippen molar-refractivity contribution in [1.82, 2.24) is 14.9 Å². The largest absolute Gasteiger partial charge is 0.462 e. The zero-order valence-corrected chi connectivity index (χ0v) is 20.4. The number of hydrogen-bond donors (Lipinski definition) is 1. The van der Waals surface area contributed by atoms with Gasteiger partial charge in [-0.3, -0.25) is 9.69 Å². The normalized spacial score (nSPS) is 16.7. The molecule has 3 heterocycles. The van der Waals surface area contributed by atoms with Gasteiger partial charge in [0, 0.05) is 34.9 Å². The smallest absolute Gasteiger partial charge is 0.341 e. The molecule has 2 aliphatic rings. The summed E-state index contributed by atoms with van der Waals surface area (Å²) in [5.41, 5.74) is 7.38. The molecule has 2 aromatic rings. The van der Waals surface area contributed by atoms with Gasteiger partial charge in [-0.2, -0.15) is 5.10 Å². The van der Waals surface area contributed by atoms with Crippen LogP contribution in [0.25, 0.3) is 5.00 Å². The Labute approximate surface area is 198 Å². The first-order valence-electron chi connectivity index (χ1n) is 11.6. The summed E-state index contributed by atoms with van der Waals surface area (Å²) in [4.78, 5) is 28.4. The fraction of sp³-hybridized carbons (Fsp3) is 0.542. The van der Waals surface area contributed by atoms with Crippen LogP contribution in [0.15, 0.2) is 11.2 Å². The van der Waals surface area contributed by atoms with Crippen molar-refractivity contribution in [2.45, 2.75) is 46.5 Å². The fourth-order valence-corrected chi connectivity index (χ4v) is 6.01. The van der Waals surface area contributed by atoms with Gasteiger partial charge in [0.15, 0.2) is 0 Å². The Morgan fingerprint density at radius 2 is 2.00 bits per heavy atom. The van der Waals surface area contributed by atoms with Gasteiger partial charge in [-0.05, 0) is 58.1 Å². The number of nitrogens with one attached hydrogen (secondary N) is 1. The van der Waals surface area contributed by atoms with E-state index in [4.69, 9.17) is 9.47 Å². The van der Waals surface area contributed by atoms with Crippen molar-refractivity contribution >= 4 is 29.4 Å². The molecule has 9 heteroatoms. The second-order valence-electron chi connectivity index (χ2n) is 8.46. The minimum Gasteiger partial charge on any atom is -0.462 e. The number of carbonyl (C=O) groups excluding carboxylic acids is 2. The van der Waals surface area contributed by atoms with Crippen LogP contribution in [-0.4, -0.2) is 67.0 Å². The lowest BCUT2D eigenvalue weighted by atomic mass is 9.95. The number of amides is 1. The van der Waals surface area contributed by atoms with Crippen LogP contribution in [-0.2, 0) is 27.1 Å². The van der Waals surface area contributed by atoms with Crippen LogP contribution in [0.2, 0.25) is 0 Å². The van der Waals surface area contributed by atoms with E-state index in [1.54, 1.807) is 17.6 Å². The molecule has 0 unspecified atom stereocenters. The molecular weight excluding hydrogens is 440 g/mol. The summed E-state index contributed by atoms with van der Waals surface area (Å²) in [6, 6.07) is 2.03. The maximum absolute atomic E-state index is 12.9. The molecule has 0 radical (unpaired) electrons. The number of hydrazone groups is 1. The van der Waals surface area contributed by atoms with Gasteiger partial charge in [-0.15, -0.1) is 11.3 Å². The van der Waals surface area contributed by atoms with Crippen LogP contribution in [0.3, 0.4) is 0 Å². The molecule has 0 spiro atoms. The molecule has 1 amide bonds. The van der Waals surface area contributed by atoms with Crippen molar-refractivity contribution in [3.05, 3.63) is 39.0 Å². The van der Waals surface area contributed by atoms with Crippen molar-refractivity contribution < 1.29 is 19.1 Å². The molecule has 0 atom stereocenters. The van der Waals surface area contributed by atoms with E-state index in [9.17, 15) is 9.59 Å². The summed E-state index contributed by atoms with van der Waals surface area (Å²) in [5, 5.41) is 5.11. The molecule has 33 heavy (non-hydrogen) atoms. The van der Waals surface area contributed by atoms with E-state index in [1.807, 2.05) is 26.8 Å². The molecule has 2 aromatic heterocycles. The van der Waals surface area contributed by atoms with Gasteiger partial charge in [0.2, 0.25) is 0 Å². The number of esters is 1. The second-order valence-corrected chi connectivity index (χ2v) is 9.54. The van der Waals surface area contributed by atoms with E-state index < -0.39 is 0 Å². The third-order valence-electron chi connectivity index (χ3n) is 6.17. The molecule has 0 saturated carbocycles. The standard InChI is InChI=1S/C24H32N4O4S/c1-4-32-24(30)22-19-7-5-6-8-20(19)33-23(22)28-16(2)13-18(17(28)3)14-25-26-21(29)15-27-9-11-31-12-10-27/h13-14H,4-12,15H2,1-3H3,(H,26,29)/b25-14+. The minimum absolute atomic E-state index is 0.141. The number of aromatic nitrogens is 1. The van der Waals surface area contributed by atoms with Crippen molar-refractivity contribution in [3.63, 3.8) is 0 Å². The van der Waals surface area contributed by atoms with Crippen molar-refractivity contribution in [3.8, 4) is 5.00 Å². The SMILES string of the molecule is CCOC(=O)c1c(-n2c(C)cc(/C=N/NC(=O)CN3CCOCC3)c2C)sc2c1CCCC2. The summed E-state index contributed by atoms with van der Waals surface area (Å²) in [5.74, 6) is -0.387. The number of carbonyl (C=O) groups is 2. The molecule has 4 rings (SSSR count). The van der Waals surface area contributed by atoms with Crippen LogP contribution in [0.4, 0.5) is 0 Å². The summed E-state index contributed by atoms with van der Waals surface area (Å²) < 4.78 is 12.9. The second kappa shape index (κ2) is 10.6. The van der Waals surface area contributed by atoms with Crippen LogP contribution in [0, 0.1) is 13.8 Å². The Morgan fingerprint density at radius 3 is 2.76 bits per heavy atom. The molecule has 1 aliphatic heterocycles.